The van der Waals surface area contributed by atoms with E-state index in [0.29, 0.717) is 5.56 Å². The van der Waals surface area contributed by atoms with Crippen LogP contribution in [0, 0.1) is 13.8 Å². The van der Waals surface area contributed by atoms with Crippen molar-refractivity contribution in [3.63, 3.8) is 0 Å². The first-order valence-electron chi connectivity index (χ1n) is 9.03. The third kappa shape index (κ3) is 4.42. The molecule has 2 aromatic rings. The average molecular weight is 351 g/mol. The molecule has 26 heavy (non-hydrogen) atoms. The Hall–Kier alpha value is -2.82. The van der Waals surface area contributed by atoms with Crippen LogP contribution in [0.2, 0.25) is 0 Å². The van der Waals surface area contributed by atoms with E-state index in [-0.39, 0.29) is 18.4 Å². The van der Waals surface area contributed by atoms with Gasteiger partial charge in [0.2, 0.25) is 5.91 Å². The molecule has 5 heteroatoms. The van der Waals surface area contributed by atoms with Crippen molar-refractivity contribution in [2.75, 3.05) is 30.3 Å². The van der Waals surface area contributed by atoms with Crippen molar-refractivity contribution in [2.24, 2.45) is 0 Å². The van der Waals surface area contributed by atoms with Crippen LogP contribution in [0.25, 0.3) is 0 Å². The SMILES string of the molecule is Cc1ccc(C)c(NC(=O)CNc2ccc(C(=O)N3CCCC3)cc2)c1. The Morgan fingerprint density at radius 2 is 1.69 bits per heavy atom. The first kappa shape index (κ1) is 18.0. The zero-order chi connectivity index (χ0) is 18.5. The molecule has 2 N–H and O–H groups in total. The molecule has 136 valence electrons. The largest absolute Gasteiger partial charge is 0.376 e. The number of aryl methyl sites for hydroxylation is 2. The summed E-state index contributed by atoms with van der Waals surface area (Å²) in [6, 6.07) is 13.3. The maximum Gasteiger partial charge on any atom is 0.253 e. The third-order valence-electron chi connectivity index (χ3n) is 4.65. The minimum absolute atomic E-state index is 0.0849. The number of carbonyl (C=O) groups is 2. The van der Waals surface area contributed by atoms with Crippen molar-refractivity contribution in [1.29, 1.82) is 0 Å². The van der Waals surface area contributed by atoms with Crippen molar-refractivity contribution >= 4 is 23.2 Å². The van der Waals surface area contributed by atoms with Crippen molar-refractivity contribution in [3.8, 4) is 0 Å². The van der Waals surface area contributed by atoms with Gasteiger partial charge < -0.3 is 15.5 Å². The van der Waals surface area contributed by atoms with Crippen LogP contribution >= 0.6 is 0 Å². The first-order chi connectivity index (χ1) is 12.5. The molecule has 2 amide bonds. The number of anilines is 2. The predicted molar refractivity (Wildman–Crippen MR) is 105 cm³/mol. The van der Waals surface area contributed by atoms with E-state index in [1.807, 2.05) is 61.2 Å². The minimum atomic E-state index is -0.101. The number of rotatable bonds is 5. The minimum Gasteiger partial charge on any atom is -0.376 e. The number of carbonyl (C=O) groups excluding carboxylic acids is 2. The summed E-state index contributed by atoms with van der Waals surface area (Å²) in [5.41, 5.74) is 4.49. The van der Waals surface area contributed by atoms with Gasteiger partial charge in [-0.2, -0.15) is 0 Å². The molecule has 1 heterocycles. The molecule has 3 rings (SSSR count). The van der Waals surface area contributed by atoms with E-state index in [9.17, 15) is 9.59 Å². The predicted octanol–water partition coefficient (Wildman–Crippen LogP) is 3.59. The second-order valence-corrected chi connectivity index (χ2v) is 6.80. The van der Waals surface area contributed by atoms with Gasteiger partial charge >= 0.3 is 0 Å². The topological polar surface area (TPSA) is 61.4 Å². The molecular weight excluding hydrogens is 326 g/mol. The number of nitrogens with zero attached hydrogens (tertiary/aromatic N) is 1. The Labute approximate surface area is 154 Å². The smallest absolute Gasteiger partial charge is 0.253 e. The zero-order valence-electron chi connectivity index (χ0n) is 15.3. The van der Waals surface area contributed by atoms with Crippen molar-refractivity contribution in [3.05, 3.63) is 59.2 Å². The second-order valence-electron chi connectivity index (χ2n) is 6.80. The monoisotopic (exact) mass is 351 g/mol. The maximum absolute atomic E-state index is 12.3. The summed E-state index contributed by atoms with van der Waals surface area (Å²) in [7, 11) is 0. The summed E-state index contributed by atoms with van der Waals surface area (Å²) >= 11 is 0. The quantitative estimate of drug-likeness (QED) is 0.865. The number of amides is 2. The highest BCUT2D eigenvalue weighted by atomic mass is 16.2. The Bertz CT molecular complexity index is 793. The number of hydrogen-bond acceptors (Lipinski definition) is 3. The standard InChI is InChI=1S/C21H25N3O2/c1-15-5-6-16(2)19(13-15)23-20(25)14-22-18-9-7-17(8-10-18)21(26)24-11-3-4-12-24/h5-10,13,22H,3-4,11-12,14H2,1-2H3,(H,23,25). The van der Waals surface area contributed by atoms with Gasteiger partial charge in [-0.3, -0.25) is 9.59 Å². The Morgan fingerprint density at radius 3 is 2.38 bits per heavy atom. The molecule has 1 fully saturated rings. The van der Waals surface area contributed by atoms with Crippen LogP contribution in [0.5, 0.6) is 0 Å². The van der Waals surface area contributed by atoms with E-state index in [1.165, 1.54) is 0 Å². The Balaban J connectivity index is 1.53. The summed E-state index contributed by atoms with van der Waals surface area (Å²) < 4.78 is 0. The van der Waals surface area contributed by atoms with E-state index in [4.69, 9.17) is 0 Å². The molecule has 0 spiro atoms. The van der Waals surface area contributed by atoms with Gasteiger partial charge in [-0.15, -0.1) is 0 Å². The normalized spacial score (nSPS) is 13.5. The van der Waals surface area contributed by atoms with Gasteiger partial charge in [0.15, 0.2) is 0 Å². The fourth-order valence-corrected chi connectivity index (χ4v) is 3.08. The Morgan fingerprint density at radius 1 is 1.00 bits per heavy atom. The number of hydrogen-bond donors (Lipinski definition) is 2. The van der Waals surface area contributed by atoms with Crippen molar-refractivity contribution in [1.82, 2.24) is 4.90 Å². The highest BCUT2D eigenvalue weighted by molar-refractivity contribution is 5.96. The molecule has 0 atom stereocenters. The summed E-state index contributed by atoms with van der Waals surface area (Å²) in [6.45, 7) is 5.83. The van der Waals surface area contributed by atoms with E-state index in [1.54, 1.807) is 0 Å². The van der Waals surface area contributed by atoms with E-state index in [2.05, 4.69) is 10.6 Å². The van der Waals surface area contributed by atoms with Gasteiger partial charge in [0, 0.05) is 30.0 Å². The summed E-state index contributed by atoms with van der Waals surface area (Å²) in [5, 5.41) is 6.02. The van der Waals surface area contributed by atoms with E-state index < -0.39 is 0 Å². The fourth-order valence-electron chi connectivity index (χ4n) is 3.08. The van der Waals surface area contributed by atoms with E-state index >= 15 is 0 Å². The average Bonchev–Trinajstić information content (AvgIpc) is 3.17. The highest BCUT2D eigenvalue weighted by Gasteiger charge is 2.19. The summed E-state index contributed by atoms with van der Waals surface area (Å²) in [4.78, 5) is 26.4. The van der Waals surface area contributed by atoms with Gasteiger partial charge in [0.05, 0.1) is 6.54 Å². The molecule has 0 bridgehead atoms. The van der Waals surface area contributed by atoms with Crippen molar-refractivity contribution in [2.45, 2.75) is 26.7 Å². The van der Waals surface area contributed by atoms with Crippen LogP contribution < -0.4 is 10.6 Å². The number of likely N-dealkylation sites (tertiary alicyclic amines) is 1. The maximum atomic E-state index is 12.3. The highest BCUT2D eigenvalue weighted by Crippen LogP contribution is 2.17. The van der Waals surface area contributed by atoms with Gasteiger partial charge in [0.25, 0.3) is 5.91 Å². The van der Waals surface area contributed by atoms with Gasteiger partial charge in [-0.25, -0.2) is 0 Å². The van der Waals surface area contributed by atoms with Crippen LogP contribution in [0.1, 0.15) is 34.3 Å². The van der Waals surface area contributed by atoms with Crippen molar-refractivity contribution < 1.29 is 9.59 Å². The number of nitrogens with one attached hydrogen (secondary N) is 2. The van der Waals surface area contributed by atoms with Gasteiger partial charge in [0.1, 0.15) is 0 Å². The second kappa shape index (κ2) is 8.04. The number of benzene rings is 2. The molecule has 5 nitrogen and oxygen atoms in total. The lowest BCUT2D eigenvalue weighted by molar-refractivity contribution is -0.114. The first-order valence-corrected chi connectivity index (χ1v) is 9.03. The molecule has 0 aliphatic carbocycles. The molecule has 2 aromatic carbocycles. The van der Waals surface area contributed by atoms with Crippen LogP contribution in [-0.2, 0) is 4.79 Å². The van der Waals surface area contributed by atoms with Crippen LogP contribution in [0.4, 0.5) is 11.4 Å². The Kier molecular flexibility index (Phi) is 5.56. The van der Waals surface area contributed by atoms with Gasteiger partial charge in [-0.1, -0.05) is 12.1 Å². The van der Waals surface area contributed by atoms with Crippen LogP contribution in [0.15, 0.2) is 42.5 Å². The lowest BCUT2D eigenvalue weighted by atomic mass is 10.1. The van der Waals surface area contributed by atoms with Crippen LogP contribution in [-0.4, -0.2) is 36.3 Å². The van der Waals surface area contributed by atoms with Crippen LogP contribution in [0.3, 0.4) is 0 Å². The molecule has 1 saturated heterocycles. The molecule has 0 radical (unpaired) electrons. The lowest BCUT2D eigenvalue weighted by Gasteiger charge is -2.15. The summed E-state index contributed by atoms with van der Waals surface area (Å²) in [6.07, 6.45) is 2.17. The molecular formula is C21H25N3O2. The molecule has 0 unspecified atom stereocenters. The molecule has 0 aromatic heterocycles. The molecule has 0 saturated carbocycles. The molecule has 1 aliphatic heterocycles. The third-order valence-corrected chi connectivity index (χ3v) is 4.65. The van der Waals surface area contributed by atoms with Gasteiger partial charge in [-0.05, 0) is 68.1 Å². The van der Waals surface area contributed by atoms with E-state index in [0.717, 1.165) is 48.4 Å². The molecule has 1 aliphatic rings. The summed E-state index contributed by atoms with van der Waals surface area (Å²) in [5.74, 6) is -0.0161. The fraction of sp³-hybridized carbons (Fsp3) is 0.333. The lowest BCUT2D eigenvalue weighted by Crippen LogP contribution is -2.27. The zero-order valence-corrected chi connectivity index (χ0v) is 15.3.